The zero-order valence-electron chi connectivity index (χ0n) is 19.5. The Kier molecular flexibility index (Phi) is 5.46. The molecular formula is C28H16N4O6. The molecule has 0 aliphatic carbocycles. The summed E-state index contributed by atoms with van der Waals surface area (Å²) in [6, 6.07) is 20.3. The van der Waals surface area contributed by atoms with Gasteiger partial charge in [0, 0.05) is 35.4 Å². The molecule has 3 heterocycles. The Morgan fingerprint density at radius 3 is 1.61 bits per heavy atom. The maximum absolute atomic E-state index is 11.9. The molecule has 0 unspecified atom stereocenters. The molecule has 0 atom stereocenters. The molecule has 10 heteroatoms. The standard InChI is InChI=1S/C28H16N4O6/c33-23-12-13-24(34)31(23)19-6-4-17(5-7-19)27-29-30-28(38-27)18-2-1-3-22(16-18)37-21-10-8-20(9-11-21)32-25(35)14-15-26(32)36/h1-16H. The summed E-state index contributed by atoms with van der Waals surface area (Å²) in [5.74, 6) is 0.00612. The largest absolute Gasteiger partial charge is 0.457 e. The van der Waals surface area contributed by atoms with Crippen molar-refractivity contribution in [2.75, 3.05) is 9.80 Å². The monoisotopic (exact) mass is 504 g/mol. The van der Waals surface area contributed by atoms with Gasteiger partial charge in [-0.2, -0.15) is 0 Å². The van der Waals surface area contributed by atoms with E-state index in [0.29, 0.717) is 34.0 Å². The SMILES string of the molecule is O=C1C=CC(=O)N1c1ccc(Oc2cccc(-c3nnc(-c4ccc(N5C(=O)C=CC5=O)cc4)o3)c2)cc1. The van der Waals surface area contributed by atoms with Gasteiger partial charge >= 0.3 is 0 Å². The second-order valence-corrected chi connectivity index (χ2v) is 8.27. The third-order valence-electron chi connectivity index (χ3n) is 5.83. The lowest BCUT2D eigenvalue weighted by Crippen LogP contribution is -2.29. The predicted octanol–water partition coefficient (Wildman–Crippen LogP) is 4.05. The van der Waals surface area contributed by atoms with Gasteiger partial charge in [-0.05, 0) is 66.7 Å². The van der Waals surface area contributed by atoms with Crippen molar-refractivity contribution in [1.82, 2.24) is 10.2 Å². The minimum atomic E-state index is -0.394. The Hall–Kier alpha value is -5.64. The second kappa shape index (κ2) is 9.10. The fourth-order valence-corrected chi connectivity index (χ4v) is 4.01. The molecule has 4 amide bonds. The Morgan fingerprint density at radius 2 is 1.05 bits per heavy atom. The lowest BCUT2D eigenvalue weighted by atomic mass is 10.2. The van der Waals surface area contributed by atoms with Gasteiger partial charge in [-0.1, -0.05) is 6.07 Å². The van der Waals surface area contributed by atoms with Crippen LogP contribution in [0.4, 0.5) is 11.4 Å². The minimum absolute atomic E-state index is 0.270. The third-order valence-corrected chi connectivity index (χ3v) is 5.83. The fourth-order valence-electron chi connectivity index (χ4n) is 4.01. The number of amides is 4. The van der Waals surface area contributed by atoms with Crippen LogP contribution in [0.2, 0.25) is 0 Å². The number of aromatic nitrogens is 2. The molecule has 0 saturated carbocycles. The molecule has 2 aliphatic heterocycles. The number of hydrogen-bond acceptors (Lipinski definition) is 8. The summed E-state index contributed by atoms with van der Waals surface area (Å²) in [5, 5.41) is 8.24. The summed E-state index contributed by atoms with van der Waals surface area (Å²) in [6.07, 6.45) is 4.91. The van der Waals surface area contributed by atoms with Gasteiger partial charge in [0.25, 0.3) is 23.6 Å². The number of rotatable bonds is 6. The van der Waals surface area contributed by atoms with Crippen LogP contribution in [0, 0.1) is 0 Å². The van der Waals surface area contributed by atoms with Crippen LogP contribution in [0.15, 0.2) is 102 Å². The van der Waals surface area contributed by atoms with Gasteiger partial charge in [0.1, 0.15) is 11.5 Å². The first-order valence-corrected chi connectivity index (χ1v) is 11.4. The second-order valence-electron chi connectivity index (χ2n) is 8.27. The molecule has 1 aromatic heterocycles. The summed E-state index contributed by atoms with van der Waals surface area (Å²) in [5.41, 5.74) is 2.15. The molecule has 10 nitrogen and oxygen atoms in total. The molecule has 184 valence electrons. The van der Waals surface area contributed by atoms with E-state index in [2.05, 4.69) is 10.2 Å². The molecule has 0 fully saturated rings. The highest BCUT2D eigenvalue weighted by Crippen LogP contribution is 2.31. The first-order valence-electron chi connectivity index (χ1n) is 11.4. The van der Waals surface area contributed by atoms with Crippen LogP contribution in [0.1, 0.15) is 0 Å². The molecule has 0 spiro atoms. The molecule has 4 aromatic rings. The number of anilines is 2. The van der Waals surface area contributed by atoms with Crippen LogP contribution in [0.3, 0.4) is 0 Å². The van der Waals surface area contributed by atoms with Crippen molar-refractivity contribution in [3.63, 3.8) is 0 Å². The number of ether oxygens (including phenoxy) is 1. The lowest BCUT2D eigenvalue weighted by molar-refractivity contribution is -0.121. The zero-order valence-corrected chi connectivity index (χ0v) is 19.5. The molecule has 0 saturated heterocycles. The molecule has 3 aromatic carbocycles. The number of benzene rings is 3. The van der Waals surface area contributed by atoms with Crippen molar-refractivity contribution in [3.05, 3.63) is 97.1 Å². The summed E-state index contributed by atoms with van der Waals surface area (Å²) in [6.45, 7) is 0. The van der Waals surface area contributed by atoms with E-state index < -0.39 is 11.8 Å². The van der Waals surface area contributed by atoms with Gasteiger partial charge in [0.2, 0.25) is 11.8 Å². The number of nitrogens with zero attached hydrogens (tertiary/aromatic N) is 4. The molecule has 0 bridgehead atoms. The van der Waals surface area contributed by atoms with Crippen molar-refractivity contribution in [2.45, 2.75) is 0 Å². The van der Waals surface area contributed by atoms with Crippen molar-refractivity contribution < 1.29 is 28.3 Å². The van der Waals surface area contributed by atoms with Crippen LogP contribution >= 0.6 is 0 Å². The van der Waals surface area contributed by atoms with Crippen LogP contribution in [-0.4, -0.2) is 33.8 Å². The Morgan fingerprint density at radius 1 is 0.553 bits per heavy atom. The first kappa shape index (κ1) is 22.8. The van der Waals surface area contributed by atoms with Crippen molar-refractivity contribution in [3.8, 4) is 34.4 Å². The van der Waals surface area contributed by atoms with Crippen LogP contribution in [0.5, 0.6) is 11.5 Å². The first-order chi connectivity index (χ1) is 18.5. The van der Waals surface area contributed by atoms with Gasteiger partial charge in [-0.3, -0.25) is 19.2 Å². The average Bonchev–Trinajstić information content (AvgIpc) is 3.64. The zero-order chi connectivity index (χ0) is 26.2. The summed E-state index contributed by atoms with van der Waals surface area (Å²) in [7, 11) is 0. The van der Waals surface area contributed by atoms with E-state index in [4.69, 9.17) is 9.15 Å². The molecule has 0 N–H and O–H groups in total. The Balaban J connectivity index is 1.17. The summed E-state index contributed by atoms with van der Waals surface area (Å²) in [4.78, 5) is 49.6. The number of hydrogen-bond donors (Lipinski definition) is 0. The molecule has 6 rings (SSSR count). The maximum Gasteiger partial charge on any atom is 0.258 e. The Bertz CT molecular complexity index is 1630. The molecule has 38 heavy (non-hydrogen) atoms. The topological polar surface area (TPSA) is 123 Å². The van der Waals surface area contributed by atoms with Gasteiger partial charge in [-0.15, -0.1) is 10.2 Å². The van der Waals surface area contributed by atoms with E-state index in [1.807, 2.05) is 0 Å². The quantitative estimate of drug-likeness (QED) is 0.360. The van der Waals surface area contributed by atoms with E-state index >= 15 is 0 Å². The Labute approximate surface area is 215 Å². The van der Waals surface area contributed by atoms with Crippen molar-refractivity contribution in [1.29, 1.82) is 0 Å². The highest BCUT2D eigenvalue weighted by Gasteiger charge is 2.26. The highest BCUT2D eigenvalue weighted by atomic mass is 16.5. The summed E-state index contributed by atoms with van der Waals surface area (Å²) >= 11 is 0. The maximum atomic E-state index is 11.9. The van der Waals surface area contributed by atoms with Crippen LogP contribution in [-0.2, 0) is 19.2 Å². The third kappa shape index (κ3) is 4.16. The minimum Gasteiger partial charge on any atom is -0.457 e. The summed E-state index contributed by atoms with van der Waals surface area (Å²) < 4.78 is 11.8. The van der Waals surface area contributed by atoms with Gasteiger partial charge in [-0.25, -0.2) is 9.80 Å². The average molecular weight is 504 g/mol. The number of carbonyl (C=O) groups is 4. The van der Waals surface area contributed by atoms with Crippen LogP contribution in [0.25, 0.3) is 22.9 Å². The number of carbonyl (C=O) groups excluding carboxylic acids is 4. The molecule has 0 radical (unpaired) electrons. The van der Waals surface area contributed by atoms with Crippen LogP contribution < -0.4 is 14.5 Å². The fraction of sp³-hybridized carbons (Fsp3) is 0. The van der Waals surface area contributed by atoms with Gasteiger partial charge in [0.15, 0.2) is 0 Å². The van der Waals surface area contributed by atoms with E-state index in [1.165, 1.54) is 24.3 Å². The van der Waals surface area contributed by atoms with E-state index in [1.54, 1.807) is 72.8 Å². The lowest BCUT2D eigenvalue weighted by Gasteiger charge is -2.14. The van der Waals surface area contributed by atoms with E-state index in [0.717, 1.165) is 9.80 Å². The van der Waals surface area contributed by atoms with E-state index in [-0.39, 0.29) is 23.6 Å². The van der Waals surface area contributed by atoms with Gasteiger partial charge in [0.05, 0.1) is 11.4 Å². The molecular weight excluding hydrogens is 488 g/mol. The molecule has 2 aliphatic rings. The van der Waals surface area contributed by atoms with E-state index in [9.17, 15) is 19.2 Å². The van der Waals surface area contributed by atoms with Gasteiger partial charge < -0.3 is 9.15 Å². The van der Waals surface area contributed by atoms with Crippen molar-refractivity contribution >= 4 is 35.0 Å². The number of imide groups is 2. The van der Waals surface area contributed by atoms with Crippen molar-refractivity contribution in [2.24, 2.45) is 0 Å². The smallest absolute Gasteiger partial charge is 0.258 e. The normalized spacial score (nSPS) is 14.7. The highest BCUT2D eigenvalue weighted by molar-refractivity contribution is 6.28. The predicted molar refractivity (Wildman–Crippen MR) is 135 cm³/mol.